The molecule has 2 heterocycles. The molecule has 0 radical (unpaired) electrons. The molecule has 1 aromatic heterocycles. The summed E-state index contributed by atoms with van der Waals surface area (Å²) in [5.74, 6) is 0.950. The SMILES string of the molecule is CCCCOC(=O)C1=C(C)Nc2nc(SCc3ccccc3F)nn2C1c1ccc(OCc2cccc(C)c2)cc1. The molecular formula is C32H33FN4O3S. The molecule has 1 unspecified atom stereocenters. The van der Waals surface area contributed by atoms with E-state index in [4.69, 9.17) is 14.6 Å². The van der Waals surface area contributed by atoms with E-state index in [1.165, 1.54) is 23.4 Å². The van der Waals surface area contributed by atoms with Gasteiger partial charge in [0.1, 0.15) is 24.2 Å². The number of nitrogens with zero attached hydrogens (tertiary/aromatic N) is 3. The number of carbonyl (C=O) groups is 1. The monoisotopic (exact) mass is 572 g/mol. The van der Waals surface area contributed by atoms with Gasteiger partial charge in [-0.25, -0.2) is 13.9 Å². The van der Waals surface area contributed by atoms with Gasteiger partial charge in [0.25, 0.3) is 0 Å². The minimum Gasteiger partial charge on any atom is -0.489 e. The molecule has 1 aliphatic rings. The Kier molecular flexibility index (Phi) is 9.04. The third-order valence-electron chi connectivity index (χ3n) is 6.78. The Morgan fingerprint density at radius 3 is 2.63 bits per heavy atom. The number of aromatic nitrogens is 3. The molecule has 5 rings (SSSR count). The minimum atomic E-state index is -0.554. The second-order valence-corrected chi connectivity index (χ2v) is 10.9. The highest BCUT2D eigenvalue weighted by Crippen LogP contribution is 2.37. The molecule has 212 valence electrons. The van der Waals surface area contributed by atoms with Crippen LogP contribution >= 0.6 is 11.8 Å². The van der Waals surface area contributed by atoms with Crippen molar-refractivity contribution in [1.82, 2.24) is 14.8 Å². The molecule has 0 aliphatic carbocycles. The average Bonchev–Trinajstić information content (AvgIpc) is 3.37. The van der Waals surface area contributed by atoms with Crippen LogP contribution in [0.25, 0.3) is 0 Å². The van der Waals surface area contributed by atoms with Crippen molar-refractivity contribution < 1.29 is 18.7 Å². The van der Waals surface area contributed by atoms with Crippen LogP contribution in [0.15, 0.2) is 89.2 Å². The molecule has 1 N–H and O–H groups in total. The third kappa shape index (κ3) is 6.79. The molecule has 1 atom stereocenters. The Morgan fingerprint density at radius 1 is 1.07 bits per heavy atom. The quantitative estimate of drug-likeness (QED) is 0.115. The van der Waals surface area contributed by atoms with Gasteiger partial charge in [0.15, 0.2) is 0 Å². The molecule has 1 aliphatic heterocycles. The number of anilines is 1. The summed E-state index contributed by atoms with van der Waals surface area (Å²) in [5.41, 5.74) is 4.82. The van der Waals surface area contributed by atoms with Crippen LogP contribution in [0.3, 0.4) is 0 Å². The summed E-state index contributed by atoms with van der Waals surface area (Å²) in [6, 6.07) is 22.0. The normalized spacial score (nSPS) is 14.4. The van der Waals surface area contributed by atoms with Crippen LogP contribution in [-0.4, -0.2) is 27.3 Å². The smallest absolute Gasteiger partial charge is 0.338 e. The van der Waals surface area contributed by atoms with Gasteiger partial charge in [-0.1, -0.05) is 85.3 Å². The molecule has 7 nitrogen and oxygen atoms in total. The van der Waals surface area contributed by atoms with Crippen LogP contribution in [0, 0.1) is 12.7 Å². The van der Waals surface area contributed by atoms with E-state index >= 15 is 0 Å². The van der Waals surface area contributed by atoms with Gasteiger partial charge in [-0.05, 0) is 55.2 Å². The van der Waals surface area contributed by atoms with E-state index in [0.29, 0.717) is 46.9 Å². The minimum absolute atomic E-state index is 0.265. The molecule has 0 bridgehead atoms. The second-order valence-electron chi connectivity index (χ2n) is 9.95. The summed E-state index contributed by atoms with van der Waals surface area (Å²) in [5, 5.41) is 8.43. The first-order chi connectivity index (χ1) is 19.9. The molecule has 0 saturated heterocycles. The largest absolute Gasteiger partial charge is 0.489 e. The van der Waals surface area contributed by atoms with Crippen molar-refractivity contribution >= 4 is 23.7 Å². The number of carbonyl (C=O) groups excluding carboxylic acids is 1. The number of esters is 1. The van der Waals surface area contributed by atoms with Crippen LogP contribution in [-0.2, 0) is 21.9 Å². The maximum atomic E-state index is 14.2. The number of fused-ring (bicyclic) bond motifs is 1. The number of aryl methyl sites for hydroxylation is 1. The fourth-order valence-corrected chi connectivity index (χ4v) is 5.44. The summed E-state index contributed by atoms with van der Waals surface area (Å²) in [6.45, 7) is 6.75. The summed E-state index contributed by atoms with van der Waals surface area (Å²) in [4.78, 5) is 18.0. The number of nitrogens with one attached hydrogen (secondary N) is 1. The fraction of sp³-hybridized carbons (Fsp3) is 0.281. The highest BCUT2D eigenvalue weighted by molar-refractivity contribution is 7.98. The standard InChI is InChI=1S/C32H33FN4O3S/c1-4-5-17-39-30(38)28-22(3)34-31-35-32(41-20-25-11-6-7-12-27(25)33)36-37(31)29(28)24-13-15-26(16-14-24)40-19-23-10-8-9-21(2)18-23/h6-16,18,29H,4-5,17,19-20H2,1-3H3,(H,34,35,36). The van der Waals surface area contributed by atoms with Gasteiger partial charge >= 0.3 is 5.97 Å². The number of ether oxygens (including phenoxy) is 2. The van der Waals surface area contributed by atoms with E-state index in [2.05, 4.69) is 29.4 Å². The summed E-state index contributed by atoms with van der Waals surface area (Å²) in [7, 11) is 0. The number of rotatable bonds is 11. The van der Waals surface area contributed by atoms with E-state index < -0.39 is 12.0 Å². The van der Waals surface area contributed by atoms with Crippen molar-refractivity contribution in [3.05, 3.63) is 112 Å². The first kappa shape index (κ1) is 28.4. The zero-order valence-electron chi connectivity index (χ0n) is 23.4. The van der Waals surface area contributed by atoms with Crippen molar-refractivity contribution in [1.29, 1.82) is 0 Å². The zero-order chi connectivity index (χ0) is 28.8. The van der Waals surface area contributed by atoms with Gasteiger partial charge in [0.05, 0.1) is 12.2 Å². The van der Waals surface area contributed by atoms with E-state index in [9.17, 15) is 9.18 Å². The first-order valence-corrected chi connectivity index (χ1v) is 14.7. The molecule has 0 spiro atoms. The van der Waals surface area contributed by atoms with Crippen molar-refractivity contribution in [3.63, 3.8) is 0 Å². The van der Waals surface area contributed by atoms with E-state index in [-0.39, 0.29) is 5.82 Å². The molecule has 0 fully saturated rings. The van der Waals surface area contributed by atoms with Crippen molar-refractivity contribution in [2.45, 2.75) is 57.2 Å². The summed E-state index contributed by atoms with van der Waals surface area (Å²) < 4.78 is 27.5. The first-order valence-electron chi connectivity index (χ1n) is 13.7. The number of hydrogen-bond acceptors (Lipinski definition) is 7. The van der Waals surface area contributed by atoms with Gasteiger partial charge in [-0.2, -0.15) is 4.98 Å². The Bertz CT molecular complexity index is 1550. The number of allylic oxidation sites excluding steroid dienone is 1. The Morgan fingerprint density at radius 2 is 1.88 bits per heavy atom. The highest BCUT2D eigenvalue weighted by Gasteiger charge is 2.35. The van der Waals surface area contributed by atoms with Crippen LogP contribution in [0.2, 0.25) is 0 Å². The van der Waals surface area contributed by atoms with Gasteiger partial charge in [-0.3, -0.25) is 0 Å². The summed E-state index contributed by atoms with van der Waals surface area (Å²) in [6.07, 6.45) is 1.71. The highest BCUT2D eigenvalue weighted by atomic mass is 32.2. The molecule has 4 aromatic rings. The molecule has 41 heavy (non-hydrogen) atoms. The van der Waals surface area contributed by atoms with Crippen LogP contribution < -0.4 is 10.1 Å². The molecule has 0 amide bonds. The van der Waals surface area contributed by atoms with Crippen LogP contribution in [0.4, 0.5) is 10.3 Å². The molecule has 9 heteroatoms. The number of halogens is 1. The van der Waals surface area contributed by atoms with Gasteiger partial charge in [0, 0.05) is 11.4 Å². The summed E-state index contributed by atoms with van der Waals surface area (Å²) >= 11 is 1.34. The van der Waals surface area contributed by atoms with Gasteiger partial charge < -0.3 is 14.8 Å². The lowest BCUT2D eigenvalue weighted by molar-refractivity contribution is -0.139. The second kappa shape index (κ2) is 13.0. The Balaban J connectivity index is 1.41. The Hall–Kier alpha value is -4.11. The van der Waals surface area contributed by atoms with Gasteiger partial charge in [-0.15, -0.1) is 5.10 Å². The predicted molar refractivity (Wildman–Crippen MR) is 158 cm³/mol. The number of benzene rings is 3. The third-order valence-corrected chi connectivity index (χ3v) is 7.67. The van der Waals surface area contributed by atoms with E-state index in [1.54, 1.807) is 22.9 Å². The van der Waals surface area contributed by atoms with Crippen molar-refractivity contribution in [2.24, 2.45) is 0 Å². The lowest BCUT2D eigenvalue weighted by Gasteiger charge is -2.28. The van der Waals surface area contributed by atoms with Crippen LogP contribution in [0.1, 0.15) is 55.0 Å². The number of thioether (sulfide) groups is 1. The van der Waals surface area contributed by atoms with Crippen molar-refractivity contribution in [3.8, 4) is 5.75 Å². The van der Waals surface area contributed by atoms with Crippen molar-refractivity contribution in [2.75, 3.05) is 11.9 Å². The topological polar surface area (TPSA) is 78.3 Å². The lowest BCUT2D eigenvalue weighted by atomic mass is 9.96. The van der Waals surface area contributed by atoms with E-state index in [1.807, 2.05) is 50.2 Å². The molecular weight excluding hydrogens is 539 g/mol. The van der Waals surface area contributed by atoms with E-state index in [0.717, 1.165) is 29.7 Å². The Labute approximate surface area is 243 Å². The predicted octanol–water partition coefficient (Wildman–Crippen LogP) is 7.23. The lowest BCUT2D eigenvalue weighted by Crippen LogP contribution is -2.29. The maximum absolute atomic E-state index is 14.2. The molecule has 0 saturated carbocycles. The van der Waals surface area contributed by atoms with Crippen LogP contribution in [0.5, 0.6) is 5.75 Å². The number of unbranched alkanes of at least 4 members (excludes halogenated alkanes) is 1. The molecule has 3 aromatic carbocycles. The maximum Gasteiger partial charge on any atom is 0.338 e. The number of hydrogen-bond donors (Lipinski definition) is 1. The fourth-order valence-electron chi connectivity index (χ4n) is 4.62. The van der Waals surface area contributed by atoms with Gasteiger partial charge in [0.2, 0.25) is 11.1 Å². The zero-order valence-corrected chi connectivity index (χ0v) is 24.2. The average molecular weight is 573 g/mol.